The molecular weight excluding hydrogens is 258 g/mol. The van der Waals surface area contributed by atoms with Crippen LogP contribution in [0.1, 0.15) is 4.88 Å². The molecule has 0 aliphatic heterocycles. The maximum Gasteiger partial charge on any atom is 0.229 e. The van der Waals surface area contributed by atoms with Crippen molar-refractivity contribution in [1.29, 1.82) is 0 Å². The van der Waals surface area contributed by atoms with E-state index in [-0.39, 0.29) is 5.91 Å². The van der Waals surface area contributed by atoms with E-state index in [4.69, 9.17) is 0 Å². The van der Waals surface area contributed by atoms with E-state index in [9.17, 15) is 4.79 Å². The molecule has 3 rings (SSSR count). The van der Waals surface area contributed by atoms with Crippen molar-refractivity contribution in [3.05, 3.63) is 46.8 Å². The first kappa shape index (κ1) is 11.9. The molecule has 5 heteroatoms. The number of hydrogen-bond acceptors (Lipinski definition) is 3. The first-order valence-electron chi connectivity index (χ1n) is 5.96. The minimum atomic E-state index is 0.00367. The van der Waals surface area contributed by atoms with Crippen LogP contribution in [0.4, 0.5) is 5.69 Å². The van der Waals surface area contributed by atoms with Crippen LogP contribution in [-0.4, -0.2) is 15.7 Å². The molecule has 2 heterocycles. The van der Waals surface area contributed by atoms with Crippen LogP contribution in [0.25, 0.3) is 10.9 Å². The standard InChI is InChI=1S/C14H13N3OS/c1-17-13-7-11(5-4-10(13)9-15-17)16-14(18)8-12-3-2-6-19-12/h2-7,9H,8H2,1H3,(H,16,18). The lowest BCUT2D eigenvalue weighted by molar-refractivity contribution is -0.115. The van der Waals surface area contributed by atoms with Gasteiger partial charge in [-0.3, -0.25) is 9.48 Å². The van der Waals surface area contributed by atoms with E-state index >= 15 is 0 Å². The molecule has 0 bridgehead atoms. The number of fused-ring (bicyclic) bond motifs is 1. The van der Waals surface area contributed by atoms with Crippen molar-refractivity contribution in [2.75, 3.05) is 5.32 Å². The second-order valence-corrected chi connectivity index (χ2v) is 5.38. The van der Waals surface area contributed by atoms with Crippen LogP contribution >= 0.6 is 11.3 Å². The van der Waals surface area contributed by atoms with Gasteiger partial charge in [0.1, 0.15) is 0 Å². The molecule has 96 valence electrons. The van der Waals surface area contributed by atoms with E-state index in [1.165, 1.54) is 0 Å². The van der Waals surface area contributed by atoms with Gasteiger partial charge in [0.15, 0.2) is 0 Å². The fourth-order valence-corrected chi connectivity index (χ4v) is 2.70. The zero-order valence-corrected chi connectivity index (χ0v) is 11.3. The predicted molar refractivity (Wildman–Crippen MR) is 77.4 cm³/mol. The Morgan fingerprint density at radius 1 is 1.42 bits per heavy atom. The molecule has 0 fully saturated rings. The zero-order chi connectivity index (χ0) is 13.2. The molecule has 0 saturated carbocycles. The number of nitrogens with one attached hydrogen (secondary N) is 1. The van der Waals surface area contributed by atoms with Gasteiger partial charge < -0.3 is 5.32 Å². The van der Waals surface area contributed by atoms with Gasteiger partial charge in [-0.05, 0) is 29.6 Å². The average Bonchev–Trinajstić information content (AvgIpc) is 3.00. The van der Waals surface area contributed by atoms with Gasteiger partial charge in [-0.2, -0.15) is 5.10 Å². The number of hydrogen-bond donors (Lipinski definition) is 1. The highest BCUT2D eigenvalue weighted by atomic mass is 32.1. The van der Waals surface area contributed by atoms with E-state index in [1.807, 2.05) is 49.0 Å². The third kappa shape index (κ3) is 2.51. The minimum Gasteiger partial charge on any atom is -0.326 e. The van der Waals surface area contributed by atoms with Crippen molar-refractivity contribution in [2.24, 2.45) is 7.05 Å². The highest BCUT2D eigenvalue weighted by Crippen LogP contribution is 2.18. The summed E-state index contributed by atoms with van der Waals surface area (Å²) in [6, 6.07) is 9.72. The lowest BCUT2D eigenvalue weighted by atomic mass is 10.2. The number of carbonyl (C=O) groups is 1. The Labute approximate surface area is 114 Å². The number of aromatic nitrogens is 2. The van der Waals surface area contributed by atoms with Crippen LogP contribution in [0, 0.1) is 0 Å². The molecule has 0 atom stereocenters. The van der Waals surface area contributed by atoms with E-state index in [0.29, 0.717) is 6.42 Å². The Hall–Kier alpha value is -2.14. The summed E-state index contributed by atoms with van der Waals surface area (Å²) in [7, 11) is 1.89. The molecule has 2 aromatic heterocycles. The van der Waals surface area contributed by atoms with Crippen LogP contribution in [-0.2, 0) is 18.3 Å². The van der Waals surface area contributed by atoms with Crippen molar-refractivity contribution in [3.8, 4) is 0 Å². The van der Waals surface area contributed by atoms with Crippen LogP contribution in [0.3, 0.4) is 0 Å². The van der Waals surface area contributed by atoms with Gasteiger partial charge in [-0.25, -0.2) is 0 Å². The summed E-state index contributed by atoms with van der Waals surface area (Å²) in [6.07, 6.45) is 2.23. The summed E-state index contributed by atoms with van der Waals surface area (Å²) in [5.41, 5.74) is 1.81. The topological polar surface area (TPSA) is 46.9 Å². The van der Waals surface area contributed by atoms with E-state index < -0.39 is 0 Å². The number of carbonyl (C=O) groups excluding carboxylic acids is 1. The van der Waals surface area contributed by atoms with Gasteiger partial charge >= 0.3 is 0 Å². The SMILES string of the molecule is Cn1ncc2ccc(NC(=O)Cc3cccs3)cc21. The Balaban J connectivity index is 1.77. The molecule has 0 unspecified atom stereocenters. The van der Waals surface area contributed by atoms with Gasteiger partial charge in [0, 0.05) is 23.0 Å². The normalized spacial score (nSPS) is 10.8. The van der Waals surface area contributed by atoms with Crippen molar-refractivity contribution in [3.63, 3.8) is 0 Å². The van der Waals surface area contributed by atoms with Gasteiger partial charge in [0.2, 0.25) is 5.91 Å². The quantitative estimate of drug-likeness (QED) is 0.796. The highest BCUT2D eigenvalue weighted by Gasteiger charge is 2.06. The summed E-state index contributed by atoms with van der Waals surface area (Å²) < 4.78 is 1.80. The van der Waals surface area contributed by atoms with Crippen molar-refractivity contribution in [2.45, 2.75) is 6.42 Å². The monoisotopic (exact) mass is 271 g/mol. The maximum absolute atomic E-state index is 11.9. The number of nitrogens with zero attached hydrogens (tertiary/aromatic N) is 2. The van der Waals surface area contributed by atoms with E-state index in [0.717, 1.165) is 21.5 Å². The third-order valence-electron chi connectivity index (χ3n) is 2.95. The number of thiophene rings is 1. The average molecular weight is 271 g/mol. The zero-order valence-electron chi connectivity index (χ0n) is 10.5. The molecule has 3 aromatic rings. The van der Waals surface area contributed by atoms with Gasteiger partial charge in [-0.15, -0.1) is 11.3 Å². The maximum atomic E-state index is 11.9. The minimum absolute atomic E-state index is 0.00367. The third-order valence-corrected chi connectivity index (χ3v) is 3.82. The number of rotatable bonds is 3. The molecule has 1 amide bonds. The molecule has 0 radical (unpaired) electrons. The second kappa shape index (κ2) is 4.85. The molecule has 19 heavy (non-hydrogen) atoms. The molecule has 0 spiro atoms. The predicted octanol–water partition coefficient (Wildman–Crippen LogP) is 2.82. The number of benzene rings is 1. The fourth-order valence-electron chi connectivity index (χ4n) is 2.00. The summed E-state index contributed by atoms with van der Waals surface area (Å²) in [6.45, 7) is 0. The molecule has 4 nitrogen and oxygen atoms in total. The van der Waals surface area contributed by atoms with Crippen LogP contribution < -0.4 is 5.32 Å². The van der Waals surface area contributed by atoms with Crippen LogP contribution in [0.5, 0.6) is 0 Å². The van der Waals surface area contributed by atoms with E-state index in [1.54, 1.807) is 16.0 Å². The Bertz CT molecular complexity index is 715. The first-order valence-corrected chi connectivity index (χ1v) is 6.84. The second-order valence-electron chi connectivity index (χ2n) is 4.35. The summed E-state index contributed by atoms with van der Waals surface area (Å²) in [5, 5.41) is 10.1. The number of anilines is 1. The van der Waals surface area contributed by atoms with Crippen molar-refractivity contribution < 1.29 is 4.79 Å². The Morgan fingerprint density at radius 2 is 2.32 bits per heavy atom. The molecule has 0 saturated heterocycles. The van der Waals surface area contributed by atoms with Crippen molar-refractivity contribution in [1.82, 2.24) is 9.78 Å². The Kier molecular flexibility index (Phi) is 3.05. The number of aryl methyl sites for hydroxylation is 1. The molecular formula is C14H13N3OS. The largest absolute Gasteiger partial charge is 0.326 e. The first-order chi connectivity index (χ1) is 9.22. The summed E-state index contributed by atoms with van der Waals surface area (Å²) in [5.74, 6) is 0.00367. The van der Waals surface area contributed by atoms with Crippen LogP contribution in [0.2, 0.25) is 0 Å². The van der Waals surface area contributed by atoms with Gasteiger partial charge in [0.25, 0.3) is 0 Å². The number of amides is 1. The van der Waals surface area contributed by atoms with Crippen LogP contribution in [0.15, 0.2) is 41.9 Å². The smallest absolute Gasteiger partial charge is 0.229 e. The highest BCUT2D eigenvalue weighted by molar-refractivity contribution is 7.10. The molecule has 0 aliphatic rings. The molecule has 0 aliphatic carbocycles. The van der Waals surface area contributed by atoms with Gasteiger partial charge in [0.05, 0.1) is 18.1 Å². The van der Waals surface area contributed by atoms with Gasteiger partial charge in [-0.1, -0.05) is 6.07 Å². The lowest BCUT2D eigenvalue weighted by Gasteiger charge is -2.05. The summed E-state index contributed by atoms with van der Waals surface area (Å²) >= 11 is 1.59. The summed E-state index contributed by atoms with van der Waals surface area (Å²) in [4.78, 5) is 13.0. The lowest BCUT2D eigenvalue weighted by Crippen LogP contribution is -2.13. The molecule has 1 aromatic carbocycles. The van der Waals surface area contributed by atoms with Crippen molar-refractivity contribution >= 4 is 33.8 Å². The fraction of sp³-hybridized carbons (Fsp3) is 0.143. The Morgan fingerprint density at radius 3 is 3.11 bits per heavy atom. The molecule has 1 N–H and O–H groups in total. The van der Waals surface area contributed by atoms with E-state index in [2.05, 4.69) is 10.4 Å².